The topological polar surface area (TPSA) is 46.2 Å². The van der Waals surface area contributed by atoms with Crippen LogP contribution in [0.3, 0.4) is 0 Å². The van der Waals surface area contributed by atoms with Crippen LogP contribution in [0.15, 0.2) is 42.5 Å². The molecule has 0 spiro atoms. The van der Waals surface area contributed by atoms with Crippen LogP contribution in [0.2, 0.25) is 10.0 Å². The Morgan fingerprint density at radius 1 is 1.00 bits per heavy atom. The molecule has 1 N–H and O–H groups in total. The molecule has 0 saturated carbocycles. The van der Waals surface area contributed by atoms with Gasteiger partial charge in [-0.3, -0.25) is 6.29 Å². The van der Waals surface area contributed by atoms with Gasteiger partial charge >= 0.3 is 24.3 Å². The first kappa shape index (κ1) is 17.1. The summed E-state index contributed by atoms with van der Waals surface area (Å²) in [4.78, 5) is 10.5. The number of anilines is 2. The zero-order valence-electron chi connectivity index (χ0n) is 10.1. The minimum atomic E-state index is 0.227. The van der Waals surface area contributed by atoms with Gasteiger partial charge in [-0.1, -0.05) is 53.0 Å². The van der Waals surface area contributed by atoms with E-state index in [1.165, 1.54) is 0 Å². The van der Waals surface area contributed by atoms with E-state index in [0.29, 0.717) is 15.7 Å². The van der Waals surface area contributed by atoms with Crippen molar-refractivity contribution in [2.45, 2.75) is 6.42 Å². The van der Waals surface area contributed by atoms with Gasteiger partial charge in [0, 0.05) is 5.69 Å². The third-order valence-electron chi connectivity index (χ3n) is 2.50. The molecule has 0 atom stereocenters. The second kappa shape index (κ2) is 9.06. The van der Waals surface area contributed by atoms with Crippen LogP contribution in [-0.4, -0.2) is 6.29 Å². The molecule has 6 heteroatoms. The molecule has 0 aliphatic heterocycles. The number of rotatable bonds is 4. The number of para-hydroxylation sites is 2. The Hall–Kier alpha value is -0.970. The first-order valence-corrected chi connectivity index (χ1v) is 6.84. The van der Waals surface area contributed by atoms with Crippen molar-refractivity contribution in [3.8, 4) is 0 Å². The number of benzene rings is 2. The molecule has 0 saturated heterocycles. The SMILES string of the molecule is O=[C-]Cc1ccccc1Nc1c(Cl)cccc1Cl.[O]=[Ag]. The van der Waals surface area contributed by atoms with Crippen molar-refractivity contribution in [3.63, 3.8) is 0 Å². The fraction of sp³-hybridized carbons (Fsp3) is 0.0714. The summed E-state index contributed by atoms with van der Waals surface area (Å²) in [5, 5.41) is 4.22. The fourth-order valence-electron chi connectivity index (χ4n) is 1.63. The summed E-state index contributed by atoms with van der Waals surface area (Å²) in [6.45, 7) is 0. The quantitative estimate of drug-likeness (QED) is 0.613. The van der Waals surface area contributed by atoms with Gasteiger partial charge in [0.25, 0.3) is 0 Å². The normalized spacial score (nSPS) is 9.40. The summed E-state index contributed by atoms with van der Waals surface area (Å²) in [6, 6.07) is 12.8. The van der Waals surface area contributed by atoms with Crippen LogP contribution in [0.5, 0.6) is 0 Å². The van der Waals surface area contributed by atoms with E-state index in [0.717, 1.165) is 11.3 Å². The summed E-state index contributed by atoms with van der Waals surface area (Å²) in [7, 11) is 0. The number of hydrogen-bond donors (Lipinski definition) is 1. The van der Waals surface area contributed by atoms with E-state index in [1.807, 2.05) is 30.6 Å². The van der Waals surface area contributed by atoms with Crippen LogP contribution in [-0.2, 0) is 35.5 Å². The van der Waals surface area contributed by atoms with Crippen LogP contribution in [0.1, 0.15) is 5.56 Å². The van der Waals surface area contributed by atoms with Crippen LogP contribution >= 0.6 is 23.2 Å². The molecule has 0 unspecified atom stereocenters. The second-order valence-electron chi connectivity index (χ2n) is 3.70. The molecule has 109 valence electrons. The average molecular weight is 403 g/mol. The fourth-order valence-corrected chi connectivity index (χ4v) is 2.12. The predicted molar refractivity (Wildman–Crippen MR) is 76.3 cm³/mol. The van der Waals surface area contributed by atoms with Crippen molar-refractivity contribution in [1.82, 2.24) is 0 Å². The van der Waals surface area contributed by atoms with E-state index in [1.54, 1.807) is 39.2 Å². The Bertz CT molecular complexity index is 573. The molecule has 2 aromatic rings. The maximum absolute atomic E-state index is 10.5. The summed E-state index contributed by atoms with van der Waals surface area (Å²) < 4.78 is 8.06. The van der Waals surface area contributed by atoms with Gasteiger partial charge in [0.15, 0.2) is 0 Å². The van der Waals surface area contributed by atoms with E-state index < -0.39 is 0 Å². The van der Waals surface area contributed by atoms with Gasteiger partial charge in [-0.05, 0) is 18.2 Å². The maximum atomic E-state index is 10.5. The van der Waals surface area contributed by atoms with Gasteiger partial charge in [-0.25, -0.2) is 0 Å². The summed E-state index contributed by atoms with van der Waals surface area (Å²) in [5.74, 6) is 0. The van der Waals surface area contributed by atoms with Crippen molar-refractivity contribution in [3.05, 3.63) is 58.1 Å². The third-order valence-corrected chi connectivity index (χ3v) is 3.13. The van der Waals surface area contributed by atoms with Crippen molar-refractivity contribution < 1.29 is 29.1 Å². The van der Waals surface area contributed by atoms with Gasteiger partial charge in [-0.2, -0.15) is 0 Å². The van der Waals surface area contributed by atoms with E-state index in [4.69, 9.17) is 26.5 Å². The monoisotopic (exact) mass is 401 g/mol. The van der Waals surface area contributed by atoms with Crippen molar-refractivity contribution in [2.24, 2.45) is 0 Å². The second-order valence-corrected chi connectivity index (χ2v) is 4.51. The van der Waals surface area contributed by atoms with Crippen LogP contribution in [0.4, 0.5) is 11.4 Å². The molecule has 0 aliphatic rings. The molecule has 0 aromatic heterocycles. The van der Waals surface area contributed by atoms with E-state index >= 15 is 0 Å². The number of halogens is 2. The Morgan fingerprint density at radius 2 is 1.60 bits per heavy atom. The molecule has 0 amide bonds. The van der Waals surface area contributed by atoms with Gasteiger partial charge in [0.1, 0.15) is 0 Å². The molecule has 2 aromatic carbocycles. The summed E-state index contributed by atoms with van der Waals surface area (Å²) in [5.41, 5.74) is 2.29. The van der Waals surface area contributed by atoms with Crippen molar-refractivity contribution in [2.75, 3.05) is 5.32 Å². The van der Waals surface area contributed by atoms with Gasteiger partial charge in [0.2, 0.25) is 0 Å². The molecular weight excluding hydrogens is 393 g/mol. The summed E-state index contributed by atoms with van der Waals surface area (Å²) >= 11 is 13.9. The van der Waals surface area contributed by atoms with E-state index in [2.05, 4.69) is 5.32 Å². The average Bonchev–Trinajstić information content (AvgIpc) is 2.47. The first-order valence-electron chi connectivity index (χ1n) is 5.48. The molecule has 0 heterocycles. The zero-order valence-corrected chi connectivity index (χ0v) is 13.1. The molecular formula is C14H10AgCl2NO2-. The molecule has 0 fully saturated rings. The molecule has 3 nitrogen and oxygen atoms in total. The standard InChI is InChI=1S/C14H10Cl2NO.Ag.O/c15-11-5-3-6-12(16)14(11)17-13-7-2-1-4-10(13)8-9-18;;/h1-7,17H,8H2;;/q-1;;. The number of hydrogen-bond acceptors (Lipinski definition) is 3. The zero-order chi connectivity index (χ0) is 15.0. The Kier molecular flexibility index (Phi) is 7.73. The van der Waals surface area contributed by atoms with Crippen LogP contribution in [0.25, 0.3) is 0 Å². The summed E-state index contributed by atoms with van der Waals surface area (Å²) in [6.07, 6.45) is 2.11. The molecule has 0 radical (unpaired) electrons. The van der Waals surface area contributed by atoms with Crippen molar-refractivity contribution >= 4 is 40.9 Å². The number of nitrogens with one attached hydrogen (secondary N) is 1. The molecule has 2 rings (SSSR count). The van der Waals surface area contributed by atoms with Crippen LogP contribution < -0.4 is 5.32 Å². The predicted octanol–water partition coefficient (Wildman–Crippen LogP) is 4.27. The Morgan fingerprint density at radius 3 is 2.20 bits per heavy atom. The van der Waals surface area contributed by atoms with Gasteiger partial charge in [0.05, 0.1) is 15.7 Å². The van der Waals surface area contributed by atoms with E-state index in [9.17, 15) is 4.79 Å². The van der Waals surface area contributed by atoms with Crippen LogP contribution in [0, 0.1) is 0 Å². The number of carbonyl (C=O) groups excluding carboxylic acids is 1. The molecule has 0 aliphatic carbocycles. The Balaban J connectivity index is 0.000000956. The third kappa shape index (κ3) is 4.54. The first-order chi connectivity index (χ1) is 9.72. The van der Waals surface area contributed by atoms with Gasteiger partial charge < -0.3 is 10.1 Å². The van der Waals surface area contributed by atoms with Gasteiger partial charge in [-0.15, -0.1) is 6.42 Å². The van der Waals surface area contributed by atoms with Crippen molar-refractivity contribution in [1.29, 1.82) is 0 Å². The minimum absolute atomic E-state index is 0.227. The Labute approximate surface area is 139 Å². The van der Waals surface area contributed by atoms with E-state index in [-0.39, 0.29) is 6.42 Å². The molecule has 20 heavy (non-hydrogen) atoms. The molecule has 0 bridgehead atoms.